The summed E-state index contributed by atoms with van der Waals surface area (Å²) in [5, 5.41) is 4.70. The number of anilines is 1. The Morgan fingerprint density at radius 3 is 2.75 bits per heavy atom. The molecule has 0 radical (unpaired) electrons. The van der Waals surface area contributed by atoms with Gasteiger partial charge in [-0.05, 0) is 37.8 Å². The molecule has 1 aromatic carbocycles. The molecule has 1 aliphatic heterocycles. The second-order valence-electron chi connectivity index (χ2n) is 7.22. The summed E-state index contributed by atoms with van der Waals surface area (Å²) in [7, 11) is 0. The topological polar surface area (TPSA) is 56.3 Å². The number of fused-ring (bicyclic) bond motifs is 1. The van der Waals surface area contributed by atoms with Gasteiger partial charge in [0.05, 0.1) is 17.5 Å². The number of nitrogens with zero attached hydrogens (tertiary/aromatic N) is 2. The summed E-state index contributed by atoms with van der Waals surface area (Å²) in [5.41, 5.74) is 1.18. The molecule has 0 aliphatic carbocycles. The maximum atomic E-state index is 6.57. The van der Waals surface area contributed by atoms with Gasteiger partial charge in [0.25, 0.3) is 0 Å². The number of nitrogens with one attached hydrogen (secondary N) is 1. The first-order chi connectivity index (χ1) is 13.7. The Balaban J connectivity index is 1.58. The van der Waals surface area contributed by atoms with Gasteiger partial charge in [-0.3, -0.25) is 0 Å². The zero-order valence-corrected chi connectivity index (χ0v) is 17.2. The van der Waals surface area contributed by atoms with E-state index in [9.17, 15) is 0 Å². The van der Waals surface area contributed by atoms with Gasteiger partial charge in [0.15, 0.2) is 0 Å². The molecule has 0 saturated carbocycles. The van der Waals surface area contributed by atoms with Crippen LogP contribution in [0.5, 0.6) is 0 Å². The van der Waals surface area contributed by atoms with Crippen LogP contribution in [0.2, 0.25) is 0 Å². The maximum absolute atomic E-state index is 6.57. The molecule has 3 heterocycles. The standard InChI is InChI=1S/C22H27N3O2S/c1-3-18-13-19-21(23-14-24-22(19)28-18)25-15(2)20(16-7-5-4-6-8-16)27-17-9-11-26-12-10-17/h4-8,13-15,17,20H,3,9-12H2,1-2H3,(H,23,24,25). The van der Waals surface area contributed by atoms with Gasteiger partial charge >= 0.3 is 0 Å². The van der Waals surface area contributed by atoms with Crippen LogP contribution in [-0.2, 0) is 15.9 Å². The normalized spacial score (nSPS) is 17.5. The Kier molecular flexibility index (Phi) is 6.20. The van der Waals surface area contributed by atoms with E-state index in [1.54, 1.807) is 17.7 Å². The number of thiophene rings is 1. The van der Waals surface area contributed by atoms with Crippen molar-refractivity contribution in [2.24, 2.45) is 0 Å². The van der Waals surface area contributed by atoms with Crippen LogP contribution in [0.3, 0.4) is 0 Å². The molecule has 2 unspecified atom stereocenters. The highest BCUT2D eigenvalue weighted by Gasteiger charge is 2.26. The number of aromatic nitrogens is 2. The van der Waals surface area contributed by atoms with E-state index in [1.807, 2.05) is 6.07 Å². The fourth-order valence-corrected chi connectivity index (χ4v) is 4.57. The smallest absolute Gasteiger partial charge is 0.138 e. The van der Waals surface area contributed by atoms with Crippen molar-refractivity contribution >= 4 is 27.4 Å². The Labute approximate surface area is 170 Å². The Hall–Kier alpha value is -2.02. The van der Waals surface area contributed by atoms with Crippen LogP contribution in [0, 0.1) is 0 Å². The number of hydrogen-bond acceptors (Lipinski definition) is 6. The van der Waals surface area contributed by atoms with E-state index >= 15 is 0 Å². The molecule has 2 aromatic heterocycles. The average molecular weight is 398 g/mol. The number of rotatable bonds is 7. The number of hydrogen-bond donors (Lipinski definition) is 1. The first-order valence-electron chi connectivity index (χ1n) is 10.0. The van der Waals surface area contributed by atoms with Gasteiger partial charge in [-0.25, -0.2) is 9.97 Å². The highest BCUT2D eigenvalue weighted by molar-refractivity contribution is 7.18. The number of benzene rings is 1. The van der Waals surface area contributed by atoms with Crippen molar-refractivity contribution in [3.63, 3.8) is 0 Å². The Morgan fingerprint density at radius 1 is 1.21 bits per heavy atom. The molecule has 3 aromatic rings. The van der Waals surface area contributed by atoms with Gasteiger partial charge in [-0.15, -0.1) is 11.3 Å². The second kappa shape index (κ2) is 8.99. The van der Waals surface area contributed by atoms with Crippen molar-refractivity contribution in [3.8, 4) is 0 Å². The molecule has 1 fully saturated rings. The summed E-state index contributed by atoms with van der Waals surface area (Å²) in [6, 6.07) is 12.7. The molecule has 0 amide bonds. The van der Waals surface area contributed by atoms with Crippen LogP contribution in [0.1, 0.15) is 43.2 Å². The predicted octanol–water partition coefficient (Wildman–Crippen LogP) is 4.99. The van der Waals surface area contributed by atoms with Crippen LogP contribution >= 0.6 is 11.3 Å². The maximum Gasteiger partial charge on any atom is 0.138 e. The molecular weight excluding hydrogens is 370 g/mol. The van der Waals surface area contributed by atoms with Crippen molar-refractivity contribution in [2.75, 3.05) is 18.5 Å². The van der Waals surface area contributed by atoms with Crippen molar-refractivity contribution in [3.05, 3.63) is 53.2 Å². The summed E-state index contributed by atoms with van der Waals surface area (Å²) in [6.07, 6.45) is 4.70. The van der Waals surface area contributed by atoms with Gasteiger partial charge < -0.3 is 14.8 Å². The SMILES string of the molecule is CCc1cc2c(NC(C)C(OC3CCOCC3)c3ccccc3)ncnc2s1. The van der Waals surface area contributed by atoms with Gasteiger partial charge in [-0.2, -0.15) is 0 Å². The third-order valence-electron chi connectivity index (χ3n) is 5.18. The third-order valence-corrected chi connectivity index (χ3v) is 6.37. The van der Waals surface area contributed by atoms with E-state index in [1.165, 1.54) is 10.4 Å². The Morgan fingerprint density at radius 2 is 2.00 bits per heavy atom. The van der Waals surface area contributed by atoms with Crippen LogP contribution in [0.15, 0.2) is 42.7 Å². The van der Waals surface area contributed by atoms with Crippen molar-refractivity contribution < 1.29 is 9.47 Å². The predicted molar refractivity (Wildman–Crippen MR) is 114 cm³/mol. The van der Waals surface area contributed by atoms with Crippen LogP contribution < -0.4 is 5.32 Å². The molecule has 148 valence electrons. The van der Waals surface area contributed by atoms with Crippen molar-refractivity contribution in [1.82, 2.24) is 9.97 Å². The lowest BCUT2D eigenvalue weighted by Gasteiger charge is -2.32. The highest BCUT2D eigenvalue weighted by Crippen LogP contribution is 2.32. The quantitative estimate of drug-likeness (QED) is 0.609. The molecule has 28 heavy (non-hydrogen) atoms. The highest BCUT2D eigenvalue weighted by atomic mass is 32.1. The summed E-state index contributed by atoms with van der Waals surface area (Å²) in [5.74, 6) is 0.880. The van der Waals surface area contributed by atoms with Gasteiger partial charge in [0.1, 0.15) is 23.1 Å². The van der Waals surface area contributed by atoms with Crippen LogP contribution in [0.4, 0.5) is 5.82 Å². The van der Waals surface area contributed by atoms with E-state index < -0.39 is 0 Å². The molecule has 5 nitrogen and oxygen atoms in total. The molecule has 1 N–H and O–H groups in total. The van der Waals surface area contributed by atoms with Gasteiger partial charge in [-0.1, -0.05) is 37.3 Å². The first kappa shape index (κ1) is 19.3. The fourth-order valence-electron chi connectivity index (χ4n) is 3.63. The number of aryl methyl sites for hydroxylation is 1. The van der Waals surface area contributed by atoms with E-state index in [-0.39, 0.29) is 18.2 Å². The minimum Gasteiger partial charge on any atom is -0.381 e. The number of ether oxygens (including phenoxy) is 2. The molecule has 0 bridgehead atoms. The minimum atomic E-state index is -0.0569. The van der Waals surface area contributed by atoms with Crippen LogP contribution in [-0.4, -0.2) is 35.3 Å². The second-order valence-corrected chi connectivity index (χ2v) is 8.33. The molecule has 2 atom stereocenters. The summed E-state index contributed by atoms with van der Waals surface area (Å²) in [4.78, 5) is 11.3. The lowest BCUT2D eigenvalue weighted by atomic mass is 10.0. The van der Waals surface area contributed by atoms with Gasteiger partial charge in [0, 0.05) is 18.1 Å². The largest absolute Gasteiger partial charge is 0.381 e. The molecule has 1 saturated heterocycles. The molecule has 1 aliphatic rings. The monoisotopic (exact) mass is 397 g/mol. The summed E-state index contributed by atoms with van der Waals surface area (Å²) in [6.45, 7) is 5.88. The zero-order chi connectivity index (χ0) is 19.3. The zero-order valence-electron chi connectivity index (χ0n) is 16.4. The fraction of sp³-hybridized carbons (Fsp3) is 0.455. The average Bonchev–Trinajstić information content (AvgIpc) is 3.18. The van der Waals surface area contributed by atoms with E-state index in [0.717, 1.165) is 48.5 Å². The van der Waals surface area contributed by atoms with E-state index in [4.69, 9.17) is 9.47 Å². The van der Waals surface area contributed by atoms with E-state index in [2.05, 4.69) is 59.5 Å². The molecule has 0 spiro atoms. The summed E-state index contributed by atoms with van der Waals surface area (Å²) >= 11 is 1.74. The lowest BCUT2D eigenvalue weighted by Crippen LogP contribution is -2.32. The van der Waals surface area contributed by atoms with Gasteiger partial charge in [0.2, 0.25) is 0 Å². The lowest BCUT2D eigenvalue weighted by molar-refractivity contribution is -0.0738. The van der Waals surface area contributed by atoms with Crippen molar-refractivity contribution in [1.29, 1.82) is 0 Å². The van der Waals surface area contributed by atoms with Crippen LogP contribution in [0.25, 0.3) is 10.2 Å². The molecule has 4 rings (SSSR count). The van der Waals surface area contributed by atoms with E-state index in [0.29, 0.717) is 0 Å². The summed E-state index contributed by atoms with van der Waals surface area (Å²) < 4.78 is 12.1. The third kappa shape index (κ3) is 4.35. The van der Waals surface area contributed by atoms with Crippen molar-refractivity contribution in [2.45, 2.75) is 51.4 Å². The first-order valence-corrected chi connectivity index (χ1v) is 10.8. The molecular formula is C22H27N3O2S. The molecule has 6 heteroatoms. The Bertz CT molecular complexity index is 893. The minimum absolute atomic E-state index is 0.0569.